The van der Waals surface area contributed by atoms with Gasteiger partial charge in [0.2, 0.25) is 0 Å². The van der Waals surface area contributed by atoms with E-state index in [2.05, 4.69) is 21.4 Å². The van der Waals surface area contributed by atoms with Gasteiger partial charge >= 0.3 is 0 Å². The second-order valence-corrected chi connectivity index (χ2v) is 6.00. The lowest BCUT2D eigenvalue weighted by Crippen LogP contribution is -2.12. The Hall–Kier alpha value is -2.00. The highest BCUT2D eigenvalue weighted by Crippen LogP contribution is 2.30. The SMILES string of the molecule is N#Cc1cc2c(Cl)cc(Cl)cc2n1CCNc1cc(Cl)ncn1. The summed E-state index contributed by atoms with van der Waals surface area (Å²) >= 11 is 18.1. The molecule has 0 aliphatic rings. The standard InChI is InChI=1S/C15H10Cl3N5/c16-9-3-12(17)11-5-10(7-19)23(13(11)4-9)2-1-20-15-6-14(18)21-8-22-15/h3-6,8H,1-2H2,(H,20,21,22). The van der Waals surface area contributed by atoms with Crippen molar-refractivity contribution in [1.82, 2.24) is 14.5 Å². The van der Waals surface area contributed by atoms with E-state index in [0.717, 1.165) is 10.9 Å². The third-order valence-electron chi connectivity index (χ3n) is 3.32. The van der Waals surface area contributed by atoms with Crippen molar-refractivity contribution in [2.75, 3.05) is 11.9 Å². The van der Waals surface area contributed by atoms with Crippen molar-refractivity contribution < 1.29 is 0 Å². The quantitative estimate of drug-likeness (QED) is 0.696. The minimum atomic E-state index is 0.366. The number of nitrogens with one attached hydrogen (secondary N) is 1. The maximum atomic E-state index is 9.33. The van der Waals surface area contributed by atoms with E-state index in [1.54, 1.807) is 24.3 Å². The van der Waals surface area contributed by atoms with Crippen molar-refractivity contribution in [2.24, 2.45) is 0 Å². The second-order valence-electron chi connectivity index (χ2n) is 4.77. The van der Waals surface area contributed by atoms with Gasteiger partial charge in [0.25, 0.3) is 0 Å². The summed E-state index contributed by atoms with van der Waals surface area (Å²) in [5.41, 5.74) is 1.34. The maximum Gasteiger partial charge on any atom is 0.134 e. The minimum absolute atomic E-state index is 0.366. The zero-order chi connectivity index (χ0) is 16.4. The molecule has 2 heterocycles. The van der Waals surface area contributed by atoms with Crippen molar-refractivity contribution in [3.8, 4) is 6.07 Å². The molecule has 1 N–H and O–H groups in total. The van der Waals surface area contributed by atoms with Crippen LogP contribution in [0.5, 0.6) is 0 Å². The molecule has 3 rings (SSSR count). The van der Waals surface area contributed by atoms with Crippen molar-refractivity contribution in [3.05, 3.63) is 51.5 Å². The molecule has 0 amide bonds. The van der Waals surface area contributed by atoms with Crippen molar-refractivity contribution in [3.63, 3.8) is 0 Å². The van der Waals surface area contributed by atoms with Crippen molar-refractivity contribution in [2.45, 2.75) is 6.54 Å². The molecule has 116 valence electrons. The number of nitrogens with zero attached hydrogens (tertiary/aromatic N) is 4. The summed E-state index contributed by atoms with van der Waals surface area (Å²) in [6.45, 7) is 1.10. The van der Waals surface area contributed by atoms with Crippen LogP contribution in [0.1, 0.15) is 5.69 Å². The number of aromatic nitrogens is 3. The van der Waals surface area contributed by atoms with Crippen LogP contribution in [0, 0.1) is 11.3 Å². The summed E-state index contributed by atoms with van der Waals surface area (Å²) in [6, 6.07) is 9.03. The fourth-order valence-electron chi connectivity index (χ4n) is 2.34. The first-order chi connectivity index (χ1) is 11.1. The Morgan fingerprint density at radius 3 is 2.70 bits per heavy atom. The topological polar surface area (TPSA) is 66.5 Å². The number of hydrogen-bond donors (Lipinski definition) is 1. The molecular weight excluding hydrogens is 357 g/mol. The van der Waals surface area contributed by atoms with Gasteiger partial charge in [0.15, 0.2) is 0 Å². The van der Waals surface area contributed by atoms with Gasteiger partial charge in [0.1, 0.15) is 29.1 Å². The Labute approximate surface area is 147 Å². The number of anilines is 1. The van der Waals surface area contributed by atoms with Crippen molar-refractivity contribution >= 4 is 51.5 Å². The Morgan fingerprint density at radius 1 is 1.13 bits per heavy atom. The molecule has 0 aliphatic carbocycles. The lowest BCUT2D eigenvalue weighted by molar-refractivity contribution is 0.745. The molecule has 0 radical (unpaired) electrons. The third-order valence-corrected chi connectivity index (χ3v) is 4.06. The Kier molecular flexibility index (Phi) is 4.58. The summed E-state index contributed by atoms with van der Waals surface area (Å²) < 4.78 is 1.86. The van der Waals surface area contributed by atoms with E-state index in [-0.39, 0.29) is 0 Å². The first-order valence-electron chi connectivity index (χ1n) is 6.68. The summed E-state index contributed by atoms with van der Waals surface area (Å²) in [4.78, 5) is 7.89. The Morgan fingerprint density at radius 2 is 1.96 bits per heavy atom. The van der Waals surface area contributed by atoms with Gasteiger partial charge in [-0.15, -0.1) is 0 Å². The highest BCUT2D eigenvalue weighted by Gasteiger charge is 2.12. The summed E-state index contributed by atoms with van der Waals surface area (Å²) in [5, 5.41) is 14.7. The van der Waals surface area contributed by atoms with Crippen LogP contribution in [0.3, 0.4) is 0 Å². The molecule has 0 saturated carbocycles. The normalized spacial score (nSPS) is 10.7. The van der Waals surface area contributed by atoms with E-state index < -0.39 is 0 Å². The molecule has 5 nitrogen and oxygen atoms in total. The number of hydrogen-bond acceptors (Lipinski definition) is 4. The van der Waals surface area contributed by atoms with Crippen LogP contribution in [-0.2, 0) is 6.54 Å². The van der Waals surface area contributed by atoms with Crippen LogP contribution in [0.2, 0.25) is 15.2 Å². The molecule has 8 heteroatoms. The van der Waals surface area contributed by atoms with E-state index in [1.807, 2.05) is 4.57 Å². The number of rotatable bonds is 4. The molecule has 0 unspecified atom stereocenters. The largest absolute Gasteiger partial charge is 0.368 e. The van der Waals surface area contributed by atoms with Gasteiger partial charge in [-0.2, -0.15) is 5.26 Å². The average Bonchev–Trinajstić information content (AvgIpc) is 2.86. The predicted octanol–water partition coefficient (Wildman–Crippen LogP) is 4.38. The molecule has 0 saturated heterocycles. The molecule has 0 bridgehead atoms. The van der Waals surface area contributed by atoms with Gasteiger partial charge in [0.05, 0.1) is 10.5 Å². The van der Waals surface area contributed by atoms with E-state index in [0.29, 0.717) is 39.8 Å². The monoisotopic (exact) mass is 365 g/mol. The minimum Gasteiger partial charge on any atom is -0.368 e. The van der Waals surface area contributed by atoms with Crippen LogP contribution in [0.4, 0.5) is 5.82 Å². The van der Waals surface area contributed by atoms with Crippen LogP contribution in [0.25, 0.3) is 10.9 Å². The fourth-order valence-corrected chi connectivity index (χ4v) is 3.03. The molecule has 2 aromatic heterocycles. The van der Waals surface area contributed by atoms with Crippen LogP contribution in [0.15, 0.2) is 30.6 Å². The van der Waals surface area contributed by atoms with Crippen LogP contribution in [-0.4, -0.2) is 21.1 Å². The lowest BCUT2D eigenvalue weighted by Gasteiger charge is -2.09. The summed E-state index contributed by atoms with van der Waals surface area (Å²) in [7, 11) is 0. The van der Waals surface area contributed by atoms with Crippen molar-refractivity contribution in [1.29, 1.82) is 5.26 Å². The molecule has 0 spiro atoms. The number of benzene rings is 1. The van der Waals surface area contributed by atoms with Crippen LogP contribution >= 0.6 is 34.8 Å². The maximum absolute atomic E-state index is 9.33. The zero-order valence-electron chi connectivity index (χ0n) is 11.7. The molecular formula is C15H10Cl3N5. The fraction of sp³-hybridized carbons (Fsp3) is 0.133. The highest BCUT2D eigenvalue weighted by atomic mass is 35.5. The summed E-state index contributed by atoms with van der Waals surface area (Å²) in [5.74, 6) is 0.621. The van der Waals surface area contributed by atoms with Gasteiger partial charge < -0.3 is 9.88 Å². The lowest BCUT2D eigenvalue weighted by atomic mass is 10.2. The van der Waals surface area contributed by atoms with E-state index in [1.165, 1.54) is 6.33 Å². The van der Waals surface area contributed by atoms with Crippen LogP contribution < -0.4 is 5.32 Å². The van der Waals surface area contributed by atoms with Gasteiger partial charge in [-0.3, -0.25) is 0 Å². The molecule has 3 aromatic rings. The van der Waals surface area contributed by atoms with E-state index in [9.17, 15) is 5.26 Å². The Balaban J connectivity index is 1.86. The van der Waals surface area contributed by atoms with Gasteiger partial charge in [-0.05, 0) is 18.2 Å². The molecule has 0 fully saturated rings. The third kappa shape index (κ3) is 3.35. The number of halogens is 3. The predicted molar refractivity (Wildman–Crippen MR) is 92.2 cm³/mol. The Bertz CT molecular complexity index is 913. The van der Waals surface area contributed by atoms with E-state index in [4.69, 9.17) is 34.8 Å². The number of nitriles is 1. The smallest absolute Gasteiger partial charge is 0.134 e. The molecule has 0 atom stereocenters. The summed E-state index contributed by atoms with van der Waals surface area (Å²) in [6.07, 6.45) is 1.38. The molecule has 1 aromatic carbocycles. The van der Waals surface area contributed by atoms with E-state index >= 15 is 0 Å². The van der Waals surface area contributed by atoms with Gasteiger partial charge in [0, 0.05) is 29.6 Å². The first-order valence-corrected chi connectivity index (χ1v) is 7.81. The second kappa shape index (κ2) is 6.63. The number of fused-ring (bicyclic) bond motifs is 1. The molecule has 23 heavy (non-hydrogen) atoms. The first kappa shape index (κ1) is 15.9. The zero-order valence-corrected chi connectivity index (χ0v) is 14.0. The van der Waals surface area contributed by atoms with Gasteiger partial charge in [-0.1, -0.05) is 34.8 Å². The molecule has 0 aliphatic heterocycles. The van der Waals surface area contributed by atoms with Gasteiger partial charge in [-0.25, -0.2) is 9.97 Å². The highest BCUT2D eigenvalue weighted by molar-refractivity contribution is 6.38. The average molecular weight is 367 g/mol.